The lowest BCUT2D eigenvalue weighted by atomic mass is 10.2. The summed E-state index contributed by atoms with van der Waals surface area (Å²) in [6, 6.07) is 7.36. The second kappa shape index (κ2) is 6.53. The molecule has 6 nitrogen and oxygen atoms in total. The molecule has 0 aliphatic carbocycles. The minimum Gasteiger partial charge on any atom is -0.389 e. The van der Waals surface area contributed by atoms with E-state index in [0.29, 0.717) is 43.0 Å². The zero-order chi connectivity index (χ0) is 14.7. The number of benzene rings is 1. The number of aromatic nitrogens is 2. The highest BCUT2D eigenvalue weighted by Crippen LogP contribution is 2.25. The third kappa shape index (κ3) is 3.59. The quantitative estimate of drug-likeness (QED) is 0.928. The average molecular weight is 310 g/mol. The molecule has 0 radical (unpaired) electrons. The van der Waals surface area contributed by atoms with E-state index in [4.69, 9.17) is 20.9 Å². The van der Waals surface area contributed by atoms with Gasteiger partial charge in [-0.2, -0.15) is 4.98 Å². The average Bonchev–Trinajstić information content (AvgIpc) is 2.82. The first-order valence-corrected chi connectivity index (χ1v) is 7.16. The van der Waals surface area contributed by atoms with Crippen LogP contribution in [-0.2, 0) is 11.3 Å². The third-order valence-corrected chi connectivity index (χ3v) is 3.60. The van der Waals surface area contributed by atoms with E-state index in [1.54, 1.807) is 6.07 Å². The molecule has 0 amide bonds. The first-order chi connectivity index (χ1) is 10.2. The highest BCUT2D eigenvalue weighted by Gasteiger charge is 2.19. The predicted octanol–water partition coefficient (Wildman–Crippen LogP) is 1.58. The second-order valence-corrected chi connectivity index (χ2v) is 5.36. The van der Waals surface area contributed by atoms with E-state index < -0.39 is 6.10 Å². The molecule has 112 valence electrons. The molecule has 1 aromatic heterocycles. The number of hydrogen-bond donors (Lipinski definition) is 1. The van der Waals surface area contributed by atoms with Crippen LogP contribution in [0.4, 0.5) is 0 Å². The lowest BCUT2D eigenvalue weighted by Crippen LogP contribution is -2.32. The van der Waals surface area contributed by atoms with Gasteiger partial charge in [0.05, 0.1) is 30.9 Å². The van der Waals surface area contributed by atoms with Gasteiger partial charge in [-0.05, 0) is 12.1 Å². The lowest BCUT2D eigenvalue weighted by Gasteiger charge is -2.18. The first-order valence-electron chi connectivity index (χ1n) is 6.78. The molecule has 2 heterocycles. The van der Waals surface area contributed by atoms with Gasteiger partial charge in [0.15, 0.2) is 0 Å². The maximum Gasteiger partial charge on any atom is 0.241 e. The zero-order valence-electron chi connectivity index (χ0n) is 11.4. The monoisotopic (exact) mass is 309 g/mol. The van der Waals surface area contributed by atoms with Crippen molar-refractivity contribution in [3.05, 3.63) is 35.2 Å². The van der Waals surface area contributed by atoms with Crippen LogP contribution in [0.2, 0.25) is 5.02 Å². The van der Waals surface area contributed by atoms with Crippen LogP contribution in [0.5, 0.6) is 0 Å². The van der Waals surface area contributed by atoms with Crippen LogP contribution in [0.25, 0.3) is 11.4 Å². The van der Waals surface area contributed by atoms with Crippen LogP contribution < -0.4 is 0 Å². The predicted molar refractivity (Wildman–Crippen MR) is 76.8 cm³/mol. The van der Waals surface area contributed by atoms with Crippen molar-refractivity contribution in [1.29, 1.82) is 0 Å². The van der Waals surface area contributed by atoms with E-state index in [0.717, 1.165) is 12.1 Å². The van der Waals surface area contributed by atoms with Crippen molar-refractivity contribution in [1.82, 2.24) is 15.0 Å². The Kier molecular flexibility index (Phi) is 4.50. The van der Waals surface area contributed by atoms with Crippen molar-refractivity contribution in [2.75, 3.05) is 26.3 Å². The number of aliphatic hydroxyl groups is 1. The van der Waals surface area contributed by atoms with Crippen molar-refractivity contribution in [3.8, 4) is 11.4 Å². The fraction of sp³-hybridized carbons (Fsp3) is 0.429. The van der Waals surface area contributed by atoms with Gasteiger partial charge in [0.2, 0.25) is 11.7 Å². The molecule has 21 heavy (non-hydrogen) atoms. The Morgan fingerprint density at radius 1 is 1.38 bits per heavy atom. The topological polar surface area (TPSA) is 71.6 Å². The summed E-state index contributed by atoms with van der Waals surface area (Å²) in [5.74, 6) is 0.973. The van der Waals surface area contributed by atoms with Gasteiger partial charge in [0.25, 0.3) is 0 Å². The Morgan fingerprint density at radius 3 is 3.10 bits per heavy atom. The second-order valence-electron chi connectivity index (χ2n) is 4.96. The number of hydrogen-bond acceptors (Lipinski definition) is 6. The van der Waals surface area contributed by atoms with Gasteiger partial charge in [0, 0.05) is 18.7 Å². The van der Waals surface area contributed by atoms with Gasteiger partial charge >= 0.3 is 0 Å². The highest BCUT2D eigenvalue weighted by molar-refractivity contribution is 6.33. The molecule has 3 rings (SSSR count). The zero-order valence-corrected chi connectivity index (χ0v) is 12.2. The molecule has 1 N–H and O–H groups in total. The molecule has 1 aliphatic rings. The van der Waals surface area contributed by atoms with E-state index in [9.17, 15) is 5.11 Å². The van der Waals surface area contributed by atoms with Crippen LogP contribution in [0.1, 0.15) is 5.89 Å². The fourth-order valence-electron chi connectivity index (χ4n) is 2.26. The number of rotatable bonds is 3. The van der Waals surface area contributed by atoms with Crippen LogP contribution in [-0.4, -0.2) is 52.6 Å². The molecule has 7 heteroatoms. The number of ether oxygens (including phenoxy) is 1. The molecule has 1 aliphatic heterocycles. The van der Waals surface area contributed by atoms with Crippen molar-refractivity contribution < 1.29 is 14.4 Å². The normalized spacial score (nSPS) is 20.4. The van der Waals surface area contributed by atoms with Crippen molar-refractivity contribution in [2.45, 2.75) is 12.6 Å². The van der Waals surface area contributed by atoms with Crippen LogP contribution in [0.15, 0.2) is 28.8 Å². The summed E-state index contributed by atoms with van der Waals surface area (Å²) < 4.78 is 10.6. The van der Waals surface area contributed by atoms with E-state index in [1.165, 1.54) is 0 Å². The molecule has 0 spiro atoms. The van der Waals surface area contributed by atoms with Crippen molar-refractivity contribution >= 4 is 11.6 Å². The SMILES string of the molecule is O[C@H]1COCCN(Cc2nc(-c3ccccc3Cl)no2)C1. The van der Waals surface area contributed by atoms with E-state index >= 15 is 0 Å². The summed E-state index contributed by atoms with van der Waals surface area (Å²) in [5, 5.41) is 14.3. The number of aliphatic hydroxyl groups excluding tert-OH is 1. The Balaban J connectivity index is 1.72. The molecule has 0 unspecified atom stereocenters. The molecule has 1 fully saturated rings. The third-order valence-electron chi connectivity index (χ3n) is 3.27. The fourth-order valence-corrected chi connectivity index (χ4v) is 2.48. The van der Waals surface area contributed by atoms with Crippen molar-refractivity contribution in [3.63, 3.8) is 0 Å². The van der Waals surface area contributed by atoms with E-state index in [-0.39, 0.29) is 0 Å². The Morgan fingerprint density at radius 2 is 2.24 bits per heavy atom. The maximum absolute atomic E-state index is 9.71. The first kappa shape index (κ1) is 14.5. The number of nitrogens with zero attached hydrogens (tertiary/aromatic N) is 3. The molecule has 0 bridgehead atoms. The smallest absolute Gasteiger partial charge is 0.241 e. The van der Waals surface area contributed by atoms with Gasteiger partial charge in [-0.25, -0.2) is 0 Å². The van der Waals surface area contributed by atoms with Crippen LogP contribution >= 0.6 is 11.6 Å². The number of β-amino-alcohol motifs (C(OH)–C–C–N with tert-alkyl or cyclic N) is 1. The van der Waals surface area contributed by atoms with Crippen LogP contribution in [0.3, 0.4) is 0 Å². The minimum absolute atomic E-state index is 0.366. The minimum atomic E-state index is -0.488. The molecular weight excluding hydrogens is 294 g/mol. The summed E-state index contributed by atoms with van der Waals surface area (Å²) in [6.45, 7) is 2.69. The Hall–Kier alpha value is -1.47. The molecule has 1 saturated heterocycles. The molecule has 0 saturated carbocycles. The molecule has 2 aromatic rings. The number of halogens is 1. The summed E-state index contributed by atoms with van der Waals surface area (Å²) in [5.41, 5.74) is 0.744. The molecule has 1 atom stereocenters. The van der Waals surface area contributed by atoms with Gasteiger partial charge < -0.3 is 14.4 Å². The summed E-state index contributed by atoms with van der Waals surface area (Å²) in [7, 11) is 0. The largest absolute Gasteiger partial charge is 0.389 e. The molecular formula is C14H16ClN3O3. The standard InChI is InChI=1S/C14H16ClN3O3/c15-12-4-2-1-3-11(12)14-16-13(21-17-14)8-18-5-6-20-9-10(19)7-18/h1-4,10,19H,5-9H2/t10-/m1/s1. The van der Waals surface area contributed by atoms with Gasteiger partial charge in [0.1, 0.15) is 0 Å². The maximum atomic E-state index is 9.71. The van der Waals surface area contributed by atoms with Gasteiger partial charge in [-0.15, -0.1) is 0 Å². The van der Waals surface area contributed by atoms with E-state index in [2.05, 4.69) is 10.1 Å². The summed E-state index contributed by atoms with van der Waals surface area (Å²) in [6.07, 6.45) is -0.488. The van der Waals surface area contributed by atoms with E-state index in [1.807, 2.05) is 23.1 Å². The summed E-state index contributed by atoms with van der Waals surface area (Å²) >= 11 is 6.12. The Labute approximate surface area is 127 Å². The van der Waals surface area contributed by atoms with Crippen LogP contribution in [0, 0.1) is 0 Å². The summed E-state index contributed by atoms with van der Waals surface area (Å²) in [4.78, 5) is 6.39. The van der Waals surface area contributed by atoms with Gasteiger partial charge in [-0.1, -0.05) is 28.9 Å². The van der Waals surface area contributed by atoms with Gasteiger partial charge in [-0.3, -0.25) is 4.90 Å². The highest BCUT2D eigenvalue weighted by atomic mass is 35.5. The lowest BCUT2D eigenvalue weighted by molar-refractivity contribution is 0.0558. The van der Waals surface area contributed by atoms with Crippen molar-refractivity contribution in [2.24, 2.45) is 0 Å². The molecule has 1 aromatic carbocycles. The Bertz CT molecular complexity index is 605.